The van der Waals surface area contributed by atoms with Crippen molar-refractivity contribution in [2.45, 2.75) is 51.5 Å². The Morgan fingerprint density at radius 2 is 1.86 bits per heavy atom. The van der Waals surface area contributed by atoms with Gasteiger partial charge < -0.3 is 10.6 Å². The molecule has 116 valence electrons. The van der Waals surface area contributed by atoms with Gasteiger partial charge >= 0.3 is 0 Å². The molecule has 0 aliphatic heterocycles. The molecule has 0 spiro atoms. The van der Waals surface area contributed by atoms with Crippen LogP contribution in [0.15, 0.2) is 24.3 Å². The molecule has 1 aromatic carbocycles. The van der Waals surface area contributed by atoms with Gasteiger partial charge in [0.2, 0.25) is 0 Å². The topological polar surface area (TPSA) is 46.3 Å². The van der Waals surface area contributed by atoms with Crippen molar-refractivity contribution in [1.29, 1.82) is 0 Å². The SMILES string of the molecule is CN(C(=O)c1ccc(C(C)(C)C)cc1)C1CCCC1CN. The summed E-state index contributed by atoms with van der Waals surface area (Å²) in [6.07, 6.45) is 3.39. The van der Waals surface area contributed by atoms with Crippen molar-refractivity contribution >= 4 is 5.91 Å². The second-order valence-corrected chi connectivity index (χ2v) is 7.24. The monoisotopic (exact) mass is 288 g/mol. The van der Waals surface area contributed by atoms with Crippen LogP contribution >= 0.6 is 0 Å². The number of rotatable bonds is 3. The largest absolute Gasteiger partial charge is 0.338 e. The van der Waals surface area contributed by atoms with Crippen molar-refractivity contribution in [2.24, 2.45) is 11.7 Å². The minimum Gasteiger partial charge on any atom is -0.338 e. The molecule has 1 amide bonds. The second kappa shape index (κ2) is 6.18. The predicted molar refractivity (Wildman–Crippen MR) is 87.4 cm³/mol. The standard InChI is InChI=1S/C18H28N2O/c1-18(2,3)15-10-8-13(9-11-15)17(21)20(4)16-7-5-6-14(16)12-19/h8-11,14,16H,5-7,12,19H2,1-4H3. The molecule has 1 saturated carbocycles. The third-order valence-electron chi connectivity index (χ3n) is 4.74. The van der Waals surface area contributed by atoms with Crippen molar-refractivity contribution in [2.75, 3.05) is 13.6 Å². The minimum atomic E-state index is 0.112. The Kier molecular flexibility index (Phi) is 4.72. The van der Waals surface area contributed by atoms with Crippen LogP contribution in [-0.2, 0) is 5.41 Å². The van der Waals surface area contributed by atoms with Gasteiger partial charge in [0.05, 0.1) is 0 Å². The summed E-state index contributed by atoms with van der Waals surface area (Å²) in [5.41, 5.74) is 7.97. The highest BCUT2D eigenvalue weighted by atomic mass is 16.2. The first kappa shape index (κ1) is 16.0. The van der Waals surface area contributed by atoms with Crippen LogP contribution in [0.25, 0.3) is 0 Å². The number of amides is 1. The van der Waals surface area contributed by atoms with E-state index in [1.54, 1.807) is 0 Å². The zero-order valence-corrected chi connectivity index (χ0v) is 13.7. The molecular weight excluding hydrogens is 260 g/mol. The van der Waals surface area contributed by atoms with Crippen LogP contribution in [-0.4, -0.2) is 30.4 Å². The quantitative estimate of drug-likeness (QED) is 0.928. The molecule has 1 aliphatic carbocycles. The first-order chi connectivity index (χ1) is 9.84. The van der Waals surface area contributed by atoms with Gasteiger partial charge in [0.1, 0.15) is 0 Å². The van der Waals surface area contributed by atoms with Gasteiger partial charge in [-0.05, 0) is 48.4 Å². The number of carbonyl (C=O) groups is 1. The highest BCUT2D eigenvalue weighted by Crippen LogP contribution is 2.29. The molecule has 2 N–H and O–H groups in total. The average Bonchev–Trinajstić information content (AvgIpc) is 2.93. The van der Waals surface area contributed by atoms with E-state index in [4.69, 9.17) is 5.73 Å². The molecule has 1 fully saturated rings. The molecule has 2 unspecified atom stereocenters. The van der Waals surface area contributed by atoms with Gasteiger partial charge in [-0.2, -0.15) is 0 Å². The Balaban J connectivity index is 2.12. The summed E-state index contributed by atoms with van der Waals surface area (Å²) in [6, 6.07) is 8.33. The van der Waals surface area contributed by atoms with Gasteiger partial charge in [-0.15, -0.1) is 0 Å². The lowest BCUT2D eigenvalue weighted by molar-refractivity contribution is 0.0700. The molecule has 2 atom stereocenters. The van der Waals surface area contributed by atoms with Crippen LogP contribution in [0, 0.1) is 5.92 Å². The predicted octanol–water partition coefficient (Wildman–Crippen LogP) is 3.18. The summed E-state index contributed by atoms with van der Waals surface area (Å²) in [5, 5.41) is 0. The van der Waals surface area contributed by atoms with E-state index in [0.717, 1.165) is 18.4 Å². The van der Waals surface area contributed by atoms with E-state index in [1.165, 1.54) is 12.0 Å². The summed E-state index contributed by atoms with van der Waals surface area (Å²) in [4.78, 5) is 14.5. The van der Waals surface area contributed by atoms with E-state index in [-0.39, 0.29) is 11.3 Å². The second-order valence-electron chi connectivity index (χ2n) is 7.24. The highest BCUT2D eigenvalue weighted by molar-refractivity contribution is 5.94. The summed E-state index contributed by atoms with van der Waals surface area (Å²) in [7, 11) is 1.92. The molecule has 0 radical (unpaired) electrons. The fourth-order valence-electron chi connectivity index (χ4n) is 3.27. The van der Waals surface area contributed by atoms with E-state index in [1.807, 2.05) is 24.1 Å². The number of nitrogens with two attached hydrogens (primary N) is 1. The van der Waals surface area contributed by atoms with E-state index in [9.17, 15) is 4.79 Å². The van der Waals surface area contributed by atoms with Crippen molar-refractivity contribution in [3.8, 4) is 0 Å². The molecule has 1 aliphatic rings. The maximum Gasteiger partial charge on any atom is 0.253 e. The minimum absolute atomic E-state index is 0.112. The lowest BCUT2D eigenvalue weighted by Gasteiger charge is -2.29. The lowest BCUT2D eigenvalue weighted by Crippen LogP contribution is -2.41. The lowest BCUT2D eigenvalue weighted by atomic mass is 9.86. The Morgan fingerprint density at radius 1 is 1.24 bits per heavy atom. The molecule has 1 aromatic rings. The van der Waals surface area contributed by atoms with Crippen molar-refractivity contribution in [1.82, 2.24) is 4.90 Å². The van der Waals surface area contributed by atoms with Gasteiger partial charge in [-0.1, -0.05) is 39.3 Å². The zero-order chi connectivity index (χ0) is 15.6. The van der Waals surface area contributed by atoms with E-state index < -0.39 is 0 Å². The first-order valence-electron chi connectivity index (χ1n) is 7.92. The molecule has 0 bridgehead atoms. The number of carbonyl (C=O) groups excluding carboxylic acids is 1. The van der Waals surface area contributed by atoms with Gasteiger partial charge in [0.15, 0.2) is 0 Å². The van der Waals surface area contributed by atoms with Crippen LogP contribution < -0.4 is 5.73 Å². The summed E-state index contributed by atoms with van der Waals surface area (Å²) >= 11 is 0. The highest BCUT2D eigenvalue weighted by Gasteiger charge is 2.32. The molecule has 0 saturated heterocycles. The molecule has 0 aromatic heterocycles. The van der Waals surface area contributed by atoms with Crippen LogP contribution in [0.2, 0.25) is 0 Å². The molecule has 2 rings (SSSR count). The normalized spacial score (nSPS) is 22.3. The van der Waals surface area contributed by atoms with Crippen LogP contribution in [0.5, 0.6) is 0 Å². The Labute approximate surface area is 128 Å². The van der Waals surface area contributed by atoms with Gasteiger partial charge in [0.25, 0.3) is 5.91 Å². The van der Waals surface area contributed by atoms with Crippen molar-refractivity contribution in [3.63, 3.8) is 0 Å². The summed E-state index contributed by atoms with van der Waals surface area (Å²) < 4.78 is 0. The first-order valence-corrected chi connectivity index (χ1v) is 7.92. The van der Waals surface area contributed by atoms with Crippen molar-refractivity contribution < 1.29 is 4.79 Å². The third kappa shape index (κ3) is 3.46. The summed E-state index contributed by atoms with van der Waals surface area (Å²) in [6.45, 7) is 7.21. The Bertz CT molecular complexity index is 487. The number of nitrogens with zero attached hydrogens (tertiary/aromatic N) is 1. The van der Waals surface area contributed by atoms with Crippen LogP contribution in [0.3, 0.4) is 0 Å². The molecule has 21 heavy (non-hydrogen) atoms. The molecule has 0 heterocycles. The number of hydrogen-bond donors (Lipinski definition) is 1. The smallest absolute Gasteiger partial charge is 0.253 e. The van der Waals surface area contributed by atoms with Crippen molar-refractivity contribution in [3.05, 3.63) is 35.4 Å². The Morgan fingerprint density at radius 3 is 2.38 bits per heavy atom. The fraction of sp³-hybridized carbons (Fsp3) is 0.611. The third-order valence-corrected chi connectivity index (χ3v) is 4.74. The number of hydrogen-bond acceptors (Lipinski definition) is 2. The van der Waals surface area contributed by atoms with E-state index in [2.05, 4.69) is 32.9 Å². The summed E-state index contributed by atoms with van der Waals surface area (Å²) in [5.74, 6) is 0.564. The number of benzene rings is 1. The maximum absolute atomic E-state index is 12.6. The van der Waals surface area contributed by atoms with Gasteiger partial charge in [-0.25, -0.2) is 0 Å². The van der Waals surface area contributed by atoms with Gasteiger partial charge in [-0.3, -0.25) is 4.79 Å². The maximum atomic E-state index is 12.6. The zero-order valence-electron chi connectivity index (χ0n) is 13.7. The fourth-order valence-corrected chi connectivity index (χ4v) is 3.27. The van der Waals surface area contributed by atoms with Crippen LogP contribution in [0.4, 0.5) is 0 Å². The Hall–Kier alpha value is -1.35. The van der Waals surface area contributed by atoms with E-state index in [0.29, 0.717) is 18.5 Å². The molecular formula is C18H28N2O. The average molecular weight is 288 g/mol. The molecule has 3 nitrogen and oxygen atoms in total. The van der Waals surface area contributed by atoms with Crippen LogP contribution in [0.1, 0.15) is 56.0 Å². The van der Waals surface area contributed by atoms with Gasteiger partial charge in [0, 0.05) is 18.7 Å². The molecule has 3 heteroatoms. The van der Waals surface area contributed by atoms with E-state index >= 15 is 0 Å².